The third kappa shape index (κ3) is 2.70. The van der Waals surface area contributed by atoms with E-state index in [-0.39, 0.29) is 22.1 Å². The number of rotatable bonds is 2. The molecule has 0 fully saturated rings. The maximum Gasteiger partial charge on any atom is 0.433 e. The standard InChI is InChI=1S/C13H6ClF3N4O2/c14-11-5-10(13(15,16)17)19-12-9(6-18-20(11)12)7-1-3-8(4-2-7)21(22)23/h1-6H. The van der Waals surface area contributed by atoms with Crippen molar-refractivity contribution >= 4 is 22.9 Å². The fourth-order valence-electron chi connectivity index (χ4n) is 2.04. The number of nitro groups is 1. The zero-order valence-electron chi connectivity index (χ0n) is 11.1. The number of nitro benzene ring substituents is 1. The minimum absolute atomic E-state index is 0.0846. The van der Waals surface area contributed by atoms with Gasteiger partial charge >= 0.3 is 6.18 Å². The molecule has 2 aromatic heterocycles. The van der Waals surface area contributed by atoms with E-state index in [0.29, 0.717) is 11.6 Å². The van der Waals surface area contributed by atoms with Crippen LogP contribution in [-0.2, 0) is 6.18 Å². The summed E-state index contributed by atoms with van der Waals surface area (Å²) in [6, 6.07) is 5.99. The van der Waals surface area contributed by atoms with Crippen LogP contribution in [0.3, 0.4) is 0 Å². The number of halogens is 4. The van der Waals surface area contributed by atoms with E-state index in [1.165, 1.54) is 30.5 Å². The van der Waals surface area contributed by atoms with Gasteiger partial charge in [-0.25, -0.2) is 9.50 Å². The molecule has 118 valence electrons. The summed E-state index contributed by atoms with van der Waals surface area (Å²) in [6.07, 6.45) is -3.35. The van der Waals surface area contributed by atoms with E-state index in [4.69, 9.17) is 11.6 Å². The maximum atomic E-state index is 12.9. The smallest absolute Gasteiger partial charge is 0.258 e. The molecule has 0 aliphatic rings. The van der Waals surface area contributed by atoms with Crippen molar-refractivity contribution in [2.24, 2.45) is 0 Å². The van der Waals surface area contributed by atoms with Crippen LogP contribution in [0.2, 0.25) is 5.15 Å². The summed E-state index contributed by atoms with van der Waals surface area (Å²) >= 11 is 5.81. The average molecular weight is 343 g/mol. The first-order valence-electron chi connectivity index (χ1n) is 6.13. The molecule has 3 aromatic rings. The van der Waals surface area contributed by atoms with Gasteiger partial charge in [-0.2, -0.15) is 18.3 Å². The first-order chi connectivity index (χ1) is 10.8. The van der Waals surface area contributed by atoms with Gasteiger partial charge in [-0.05, 0) is 17.7 Å². The normalized spacial score (nSPS) is 11.8. The highest BCUT2D eigenvalue weighted by Gasteiger charge is 2.34. The molecule has 2 heterocycles. The zero-order valence-corrected chi connectivity index (χ0v) is 11.8. The Morgan fingerprint density at radius 3 is 2.43 bits per heavy atom. The van der Waals surface area contributed by atoms with Gasteiger partial charge in [0.05, 0.1) is 11.1 Å². The van der Waals surface area contributed by atoms with Crippen LogP contribution >= 0.6 is 11.6 Å². The fraction of sp³-hybridized carbons (Fsp3) is 0.0769. The molecule has 6 nitrogen and oxygen atoms in total. The topological polar surface area (TPSA) is 73.3 Å². The SMILES string of the molecule is O=[N+]([O-])c1ccc(-c2cnn3c(Cl)cc(C(F)(F)F)nc23)cc1. The number of non-ortho nitro benzene ring substituents is 1. The molecule has 0 saturated carbocycles. The number of hydrogen-bond acceptors (Lipinski definition) is 4. The fourth-order valence-corrected chi connectivity index (χ4v) is 2.26. The molecule has 0 spiro atoms. The summed E-state index contributed by atoms with van der Waals surface area (Å²) < 4.78 is 39.6. The van der Waals surface area contributed by atoms with E-state index in [2.05, 4.69) is 10.1 Å². The van der Waals surface area contributed by atoms with Gasteiger partial charge in [0, 0.05) is 23.8 Å². The summed E-state index contributed by atoms with van der Waals surface area (Å²) in [6.45, 7) is 0. The van der Waals surface area contributed by atoms with Crippen LogP contribution in [0.4, 0.5) is 18.9 Å². The Morgan fingerprint density at radius 1 is 1.22 bits per heavy atom. The summed E-state index contributed by atoms with van der Waals surface area (Å²) in [5, 5.41) is 14.3. The van der Waals surface area contributed by atoms with E-state index in [1.807, 2.05) is 0 Å². The molecule has 0 aliphatic carbocycles. The Kier molecular flexibility index (Phi) is 3.44. The van der Waals surface area contributed by atoms with Crippen molar-refractivity contribution in [2.75, 3.05) is 0 Å². The Balaban J connectivity index is 2.18. The number of benzene rings is 1. The molecule has 0 amide bonds. The number of hydrogen-bond donors (Lipinski definition) is 0. The van der Waals surface area contributed by atoms with Crippen molar-refractivity contribution in [3.63, 3.8) is 0 Å². The van der Waals surface area contributed by atoms with Gasteiger partial charge in [-0.1, -0.05) is 11.6 Å². The van der Waals surface area contributed by atoms with Crippen molar-refractivity contribution in [1.82, 2.24) is 14.6 Å². The second-order valence-corrected chi connectivity index (χ2v) is 4.95. The van der Waals surface area contributed by atoms with Crippen molar-refractivity contribution < 1.29 is 18.1 Å². The Hall–Kier alpha value is -2.68. The molecular formula is C13H6ClF3N4O2. The van der Waals surface area contributed by atoms with Crippen LogP contribution in [0.15, 0.2) is 36.5 Å². The van der Waals surface area contributed by atoms with Gasteiger partial charge in [-0.3, -0.25) is 10.1 Å². The molecular weight excluding hydrogens is 337 g/mol. The largest absolute Gasteiger partial charge is 0.433 e. The molecule has 3 rings (SSSR count). The quantitative estimate of drug-likeness (QED) is 0.401. The molecule has 1 aromatic carbocycles. The van der Waals surface area contributed by atoms with Gasteiger partial charge in [0.15, 0.2) is 5.65 Å². The second kappa shape index (κ2) is 5.20. The predicted molar refractivity (Wildman–Crippen MR) is 75.1 cm³/mol. The lowest BCUT2D eigenvalue weighted by molar-refractivity contribution is -0.384. The van der Waals surface area contributed by atoms with E-state index < -0.39 is 16.8 Å². The molecule has 0 atom stereocenters. The molecule has 0 unspecified atom stereocenters. The summed E-state index contributed by atoms with van der Waals surface area (Å²) in [7, 11) is 0. The summed E-state index contributed by atoms with van der Waals surface area (Å²) in [5.41, 5.74) is -0.633. The monoisotopic (exact) mass is 342 g/mol. The number of aromatic nitrogens is 3. The number of alkyl halides is 3. The van der Waals surface area contributed by atoms with Crippen LogP contribution < -0.4 is 0 Å². The first-order valence-corrected chi connectivity index (χ1v) is 6.51. The zero-order chi connectivity index (χ0) is 16.8. The highest BCUT2D eigenvalue weighted by atomic mass is 35.5. The lowest BCUT2D eigenvalue weighted by Crippen LogP contribution is -2.10. The Bertz CT molecular complexity index is 906. The highest BCUT2D eigenvalue weighted by molar-refractivity contribution is 6.29. The summed E-state index contributed by atoms with van der Waals surface area (Å²) in [5.74, 6) is 0. The van der Waals surface area contributed by atoms with E-state index in [0.717, 1.165) is 4.52 Å². The van der Waals surface area contributed by atoms with Crippen LogP contribution in [0.5, 0.6) is 0 Å². The van der Waals surface area contributed by atoms with E-state index >= 15 is 0 Å². The van der Waals surface area contributed by atoms with Gasteiger partial charge in [0.1, 0.15) is 10.8 Å². The third-order valence-corrected chi connectivity index (χ3v) is 3.38. The van der Waals surface area contributed by atoms with Crippen LogP contribution in [0.1, 0.15) is 5.69 Å². The van der Waals surface area contributed by atoms with Crippen LogP contribution in [0.25, 0.3) is 16.8 Å². The summed E-state index contributed by atoms with van der Waals surface area (Å²) in [4.78, 5) is 13.6. The van der Waals surface area contributed by atoms with Gasteiger partial charge < -0.3 is 0 Å². The van der Waals surface area contributed by atoms with E-state index in [1.54, 1.807) is 0 Å². The molecule has 0 saturated heterocycles. The molecule has 0 radical (unpaired) electrons. The number of fused-ring (bicyclic) bond motifs is 1. The molecule has 0 aliphatic heterocycles. The second-order valence-electron chi connectivity index (χ2n) is 4.56. The van der Waals surface area contributed by atoms with Crippen LogP contribution in [-0.4, -0.2) is 19.5 Å². The van der Waals surface area contributed by atoms with Gasteiger partial charge in [-0.15, -0.1) is 0 Å². The first kappa shape index (κ1) is 15.2. The molecule has 0 bridgehead atoms. The predicted octanol–water partition coefficient (Wildman–Crippen LogP) is 3.98. The van der Waals surface area contributed by atoms with Crippen molar-refractivity contribution in [1.29, 1.82) is 0 Å². The van der Waals surface area contributed by atoms with Crippen molar-refractivity contribution in [2.45, 2.75) is 6.18 Å². The third-order valence-electron chi connectivity index (χ3n) is 3.11. The Labute approximate surface area is 131 Å². The van der Waals surface area contributed by atoms with Gasteiger partial charge in [0.2, 0.25) is 0 Å². The van der Waals surface area contributed by atoms with Crippen molar-refractivity contribution in [3.05, 3.63) is 57.5 Å². The minimum Gasteiger partial charge on any atom is -0.258 e. The molecule has 0 N–H and O–H groups in total. The molecule has 23 heavy (non-hydrogen) atoms. The molecule has 10 heteroatoms. The minimum atomic E-state index is -4.65. The van der Waals surface area contributed by atoms with Crippen LogP contribution in [0, 0.1) is 10.1 Å². The maximum absolute atomic E-state index is 12.9. The number of nitrogens with zero attached hydrogens (tertiary/aromatic N) is 4. The lowest BCUT2D eigenvalue weighted by Gasteiger charge is -2.07. The lowest BCUT2D eigenvalue weighted by atomic mass is 10.1. The average Bonchev–Trinajstić information content (AvgIpc) is 2.91. The highest BCUT2D eigenvalue weighted by Crippen LogP contribution is 2.32. The van der Waals surface area contributed by atoms with Gasteiger partial charge in [0.25, 0.3) is 5.69 Å². The Morgan fingerprint density at radius 2 is 1.87 bits per heavy atom. The van der Waals surface area contributed by atoms with E-state index in [9.17, 15) is 23.3 Å². The van der Waals surface area contributed by atoms with Crippen molar-refractivity contribution in [3.8, 4) is 11.1 Å².